The minimum Gasteiger partial charge on any atom is -0.497 e. The van der Waals surface area contributed by atoms with Crippen LogP contribution in [-0.4, -0.2) is 28.2 Å². The maximum absolute atomic E-state index is 13.2. The Kier molecular flexibility index (Phi) is 8.02. The van der Waals surface area contributed by atoms with Gasteiger partial charge < -0.3 is 10.1 Å². The van der Waals surface area contributed by atoms with Crippen LogP contribution in [0, 0.1) is 11.3 Å². The number of methoxy groups -OCH3 is 1. The number of carbonyl (C=O) groups excluding carboxylic acids is 1. The molecule has 0 aliphatic carbocycles. The summed E-state index contributed by atoms with van der Waals surface area (Å²) >= 11 is 2.63. The first kappa shape index (κ1) is 26.2. The molecular formula is C31H24N4O2S2. The first-order valence-electron chi connectivity index (χ1n) is 12.2. The molecule has 6 nitrogen and oxygen atoms in total. The lowest BCUT2D eigenvalue weighted by molar-refractivity contribution is -0.115. The molecule has 0 fully saturated rings. The molecule has 0 radical (unpaired) electrons. The lowest BCUT2D eigenvalue weighted by atomic mass is 9.99. The Labute approximate surface area is 235 Å². The quantitative estimate of drug-likeness (QED) is 0.202. The largest absolute Gasteiger partial charge is 0.497 e. The van der Waals surface area contributed by atoms with Crippen molar-refractivity contribution >= 4 is 34.1 Å². The topological polar surface area (TPSA) is 87.9 Å². The van der Waals surface area contributed by atoms with Crippen molar-refractivity contribution < 1.29 is 9.53 Å². The first-order valence-corrected chi connectivity index (χ1v) is 13.9. The van der Waals surface area contributed by atoms with Gasteiger partial charge in [-0.1, -0.05) is 72.4 Å². The van der Waals surface area contributed by atoms with Crippen LogP contribution in [-0.2, 0) is 4.79 Å². The van der Waals surface area contributed by atoms with Gasteiger partial charge in [0.15, 0.2) is 5.13 Å². The van der Waals surface area contributed by atoms with E-state index in [1.807, 2.05) is 96.4 Å². The van der Waals surface area contributed by atoms with Crippen molar-refractivity contribution in [2.24, 2.45) is 0 Å². The van der Waals surface area contributed by atoms with Crippen LogP contribution >= 0.6 is 23.1 Å². The number of rotatable bonds is 8. The van der Waals surface area contributed by atoms with Crippen molar-refractivity contribution in [1.29, 1.82) is 5.26 Å². The number of aromatic nitrogens is 2. The van der Waals surface area contributed by atoms with Crippen LogP contribution in [0.3, 0.4) is 0 Å². The summed E-state index contributed by atoms with van der Waals surface area (Å²) in [6.07, 6.45) is 0. The summed E-state index contributed by atoms with van der Waals surface area (Å²) in [7, 11) is 1.63. The van der Waals surface area contributed by atoms with Gasteiger partial charge in [-0.2, -0.15) is 5.26 Å². The molecule has 1 atom stereocenters. The van der Waals surface area contributed by atoms with E-state index >= 15 is 0 Å². The van der Waals surface area contributed by atoms with Crippen molar-refractivity contribution in [2.75, 3.05) is 12.4 Å². The Hall–Kier alpha value is -4.45. The molecule has 8 heteroatoms. The van der Waals surface area contributed by atoms with E-state index in [0.29, 0.717) is 15.7 Å². The van der Waals surface area contributed by atoms with Gasteiger partial charge >= 0.3 is 0 Å². The van der Waals surface area contributed by atoms with E-state index in [1.54, 1.807) is 14.0 Å². The van der Waals surface area contributed by atoms with Gasteiger partial charge in [-0.15, -0.1) is 11.3 Å². The average Bonchev–Trinajstić information content (AvgIpc) is 3.46. The van der Waals surface area contributed by atoms with Crippen LogP contribution < -0.4 is 10.1 Å². The fraction of sp³-hybridized carbons (Fsp3) is 0.0968. The maximum atomic E-state index is 13.2. The Morgan fingerprint density at radius 2 is 1.56 bits per heavy atom. The van der Waals surface area contributed by atoms with Gasteiger partial charge in [0.1, 0.15) is 16.8 Å². The van der Waals surface area contributed by atoms with Gasteiger partial charge in [0.25, 0.3) is 0 Å². The SMILES string of the molecule is COc1ccc(-c2csc(NC(=O)C(C)Sc3nc(-c4ccccc4)cc(-c4ccccc4)c3C#N)n2)cc1. The highest BCUT2D eigenvalue weighted by atomic mass is 32.2. The molecule has 192 valence electrons. The standard InChI is InChI=1S/C31H24N4O2S2/c1-20(29(36)35-31-34-28(19-38-31)23-13-15-24(37-2)16-14-23)39-30-26(18-32)25(21-9-5-3-6-10-21)17-27(33-30)22-11-7-4-8-12-22/h3-17,19-20H,1-2H3,(H,34,35,36). The molecule has 1 N–H and O–H groups in total. The molecular weight excluding hydrogens is 525 g/mol. The van der Waals surface area contributed by atoms with E-state index in [1.165, 1.54) is 23.1 Å². The third-order valence-corrected chi connectivity index (χ3v) is 7.87. The Bertz CT molecular complexity index is 1630. The van der Waals surface area contributed by atoms with Gasteiger partial charge in [0, 0.05) is 22.1 Å². The van der Waals surface area contributed by atoms with E-state index in [0.717, 1.165) is 39.4 Å². The molecule has 0 saturated carbocycles. The van der Waals surface area contributed by atoms with Gasteiger partial charge in [-0.25, -0.2) is 9.97 Å². The smallest absolute Gasteiger partial charge is 0.239 e. The lowest BCUT2D eigenvalue weighted by Crippen LogP contribution is -2.22. The molecule has 0 aliphatic rings. The van der Waals surface area contributed by atoms with Gasteiger partial charge in [0.05, 0.1) is 29.3 Å². The number of amides is 1. The minimum atomic E-state index is -0.521. The summed E-state index contributed by atoms with van der Waals surface area (Å²) in [6.45, 7) is 1.80. The van der Waals surface area contributed by atoms with Crippen LogP contribution in [0.2, 0.25) is 0 Å². The number of ether oxygens (including phenoxy) is 1. The zero-order valence-corrected chi connectivity index (χ0v) is 22.9. The van der Waals surface area contributed by atoms with E-state index in [-0.39, 0.29) is 5.91 Å². The van der Waals surface area contributed by atoms with Gasteiger partial charge in [-0.05, 0) is 42.8 Å². The molecule has 0 saturated heterocycles. The molecule has 5 rings (SSSR count). The summed E-state index contributed by atoms with van der Waals surface area (Å²) < 4.78 is 5.22. The summed E-state index contributed by atoms with van der Waals surface area (Å²) in [6, 6.07) is 31.5. The third-order valence-electron chi connectivity index (χ3n) is 6.03. The van der Waals surface area contributed by atoms with E-state index < -0.39 is 5.25 Å². The van der Waals surface area contributed by atoms with E-state index in [9.17, 15) is 10.1 Å². The number of hydrogen-bond donors (Lipinski definition) is 1. The van der Waals surface area contributed by atoms with Gasteiger partial charge in [0.2, 0.25) is 5.91 Å². The molecule has 2 heterocycles. The zero-order valence-electron chi connectivity index (χ0n) is 21.3. The first-order chi connectivity index (χ1) is 19.1. The number of hydrogen-bond acceptors (Lipinski definition) is 7. The van der Waals surface area contributed by atoms with Crippen molar-refractivity contribution in [3.05, 3.63) is 102 Å². The van der Waals surface area contributed by atoms with Crippen LogP contribution in [0.5, 0.6) is 5.75 Å². The number of thioether (sulfide) groups is 1. The fourth-order valence-corrected chi connectivity index (χ4v) is 5.62. The number of carbonyl (C=O) groups is 1. The highest BCUT2D eigenvalue weighted by Gasteiger charge is 2.22. The van der Waals surface area contributed by atoms with Crippen LogP contribution in [0.4, 0.5) is 5.13 Å². The number of pyridine rings is 1. The van der Waals surface area contributed by atoms with Crippen molar-refractivity contribution in [1.82, 2.24) is 9.97 Å². The normalized spacial score (nSPS) is 11.4. The predicted molar refractivity (Wildman–Crippen MR) is 158 cm³/mol. The second-order valence-corrected chi connectivity index (χ2v) is 10.8. The summed E-state index contributed by atoms with van der Waals surface area (Å²) in [4.78, 5) is 22.6. The molecule has 1 amide bonds. The Balaban J connectivity index is 1.40. The molecule has 3 aromatic carbocycles. The van der Waals surface area contributed by atoms with Crippen molar-refractivity contribution in [2.45, 2.75) is 17.2 Å². The number of nitrogens with zero attached hydrogens (tertiary/aromatic N) is 3. The zero-order chi connectivity index (χ0) is 27.2. The Morgan fingerprint density at radius 1 is 0.923 bits per heavy atom. The number of benzene rings is 3. The maximum Gasteiger partial charge on any atom is 0.239 e. The monoisotopic (exact) mass is 548 g/mol. The van der Waals surface area contributed by atoms with Crippen LogP contribution in [0.15, 0.2) is 101 Å². The summed E-state index contributed by atoms with van der Waals surface area (Å²) in [5.41, 5.74) is 5.53. The lowest BCUT2D eigenvalue weighted by Gasteiger charge is -2.15. The summed E-state index contributed by atoms with van der Waals surface area (Å²) in [5, 5.41) is 15.5. The Morgan fingerprint density at radius 3 is 2.21 bits per heavy atom. The van der Waals surface area contributed by atoms with E-state index in [4.69, 9.17) is 9.72 Å². The van der Waals surface area contributed by atoms with Crippen molar-refractivity contribution in [3.63, 3.8) is 0 Å². The highest BCUT2D eigenvalue weighted by molar-refractivity contribution is 8.00. The number of thiazole rings is 1. The van der Waals surface area contributed by atoms with Crippen molar-refractivity contribution in [3.8, 4) is 45.5 Å². The number of nitrogens with one attached hydrogen (secondary N) is 1. The molecule has 39 heavy (non-hydrogen) atoms. The minimum absolute atomic E-state index is 0.215. The van der Waals surface area contributed by atoms with Crippen LogP contribution in [0.25, 0.3) is 33.6 Å². The second kappa shape index (κ2) is 11.9. The average molecular weight is 549 g/mol. The molecule has 1 unspecified atom stereocenters. The molecule has 5 aromatic rings. The second-order valence-electron chi connectivity index (χ2n) is 8.59. The molecule has 2 aromatic heterocycles. The number of nitriles is 1. The predicted octanol–water partition coefficient (Wildman–Crippen LogP) is 7.54. The molecule has 0 bridgehead atoms. The summed E-state index contributed by atoms with van der Waals surface area (Å²) in [5.74, 6) is 0.554. The van der Waals surface area contributed by atoms with Crippen LogP contribution in [0.1, 0.15) is 12.5 Å². The molecule has 0 aliphatic heterocycles. The van der Waals surface area contributed by atoms with E-state index in [2.05, 4.69) is 16.4 Å². The molecule has 0 spiro atoms. The third kappa shape index (κ3) is 6.01. The highest BCUT2D eigenvalue weighted by Crippen LogP contribution is 2.36. The fourth-order valence-electron chi connectivity index (χ4n) is 3.97. The number of anilines is 1. The van der Waals surface area contributed by atoms with Gasteiger partial charge in [-0.3, -0.25) is 4.79 Å².